The van der Waals surface area contributed by atoms with Crippen molar-refractivity contribution in [3.8, 4) is 5.75 Å². The van der Waals surface area contributed by atoms with Gasteiger partial charge in [0.2, 0.25) is 0 Å². The van der Waals surface area contributed by atoms with Crippen LogP contribution >= 0.6 is 0 Å². The summed E-state index contributed by atoms with van der Waals surface area (Å²) in [4.78, 5) is 14.6. The molecule has 0 spiro atoms. The summed E-state index contributed by atoms with van der Waals surface area (Å²) in [5.74, 6) is -0.148. The van der Waals surface area contributed by atoms with Crippen LogP contribution in [0.4, 0.5) is 0 Å². The number of hydrogen-bond acceptors (Lipinski definition) is 4. The van der Waals surface area contributed by atoms with E-state index in [9.17, 15) is 9.90 Å². The first-order chi connectivity index (χ1) is 15.2. The van der Waals surface area contributed by atoms with Crippen LogP contribution in [0.5, 0.6) is 5.75 Å². The molecule has 0 saturated heterocycles. The van der Waals surface area contributed by atoms with E-state index in [4.69, 9.17) is 4.74 Å². The third kappa shape index (κ3) is 15.0. The SMILES string of the molecule is CCCCCCCN(CCCCCCC)CCCCCCOC(=O)c1ccc(O)cc1. The van der Waals surface area contributed by atoms with Crippen molar-refractivity contribution in [1.29, 1.82) is 0 Å². The van der Waals surface area contributed by atoms with Gasteiger partial charge in [0.25, 0.3) is 0 Å². The lowest BCUT2D eigenvalue weighted by molar-refractivity contribution is 0.0497. The van der Waals surface area contributed by atoms with Crippen molar-refractivity contribution in [2.75, 3.05) is 26.2 Å². The molecule has 0 saturated carbocycles. The molecule has 0 atom stereocenters. The van der Waals surface area contributed by atoms with Crippen LogP contribution in [0, 0.1) is 0 Å². The van der Waals surface area contributed by atoms with Gasteiger partial charge in [0.1, 0.15) is 5.75 Å². The molecule has 0 aliphatic rings. The minimum absolute atomic E-state index is 0.160. The van der Waals surface area contributed by atoms with Crippen molar-refractivity contribution < 1.29 is 14.6 Å². The standard InChI is InChI=1S/C27H47NO3/c1-3-5-7-9-13-21-28(22-14-10-8-6-4-2)23-15-11-12-16-24-31-27(30)25-17-19-26(29)20-18-25/h17-20,29H,3-16,21-24H2,1-2H3. The number of rotatable bonds is 20. The van der Waals surface area contributed by atoms with Gasteiger partial charge in [0.15, 0.2) is 0 Å². The molecule has 0 radical (unpaired) electrons. The number of carbonyl (C=O) groups excluding carboxylic acids is 1. The first kappa shape index (κ1) is 27.5. The van der Waals surface area contributed by atoms with E-state index in [-0.39, 0.29) is 11.7 Å². The number of unbranched alkanes of at least 4 members (excludes halogenated alkanes) is 11. The van der Waals surface area contributed by atoms with Crippen molar-refractivity contribution >= 4 is 5.97 Å². The molecule has 0 aliphatic carbocycles. The smallest absolute Gasteiger partial charge is 0.338 e. The number of carbonyl (C=O) groups is 1. The molecule has 4 heteroatoms. The van der Waals surface area contributed by atoms with Crippen LogP contribution in [-0.2, 0) is 4.74 Å². The highest BCUT2D eigenvalue weighted by atomic mass is 16.5. The summed E-state index contributed by atoms with van der Waals surface area (Å²) in [6, 6.07) is 6.21. The van der Waals surface area contributed by atoms with E-state index in [1.807, 2.05) is 0 Å². The maximum absolute atomic E-state index is 12.0. The van der Waals surface area contributed by atoms with E-state index < -0.39 is 0 Å². The summed E-state index contributed by atoms with van der Waals surface area (Å²) in [6.45, 7) is 8.73. The van der Waals surface area contributed by atoms with E-state index in [1.54, 1.807) is 12.1 Å². The molecular weight excluding hydrogens is 386 g/mol. The molecule has 178 valence electrons. The maximum atomic E-state index is 12.0. The number of phenols is 1. The summed E-state index contributed by atoms with van der Waals surface area (Å²) >= 11 is 0. The molecule has 0 unspecified atom stereocenters. The fraction of sp³-hybridized carbons (Fsp3) is 0.741. The Labute approximate surface area is 191 Å². The summed E-state index contributed by atoms with van der Waals surface area (Å²) < 4.78 is 5.34. The molecular formula is C27H47NO3. The van der Waals surface area contributed by atoms with Crippen molar-refractivity contribution in [1.82, 2.24) is 4.90 Å². The van der Waals surface area contributed by atoms with Gasteiger partial charge in [-0.25, -0.2) is 4.79 Å². The molecule has 1 aromatic carbocycles. The lowest BCUT2D eigenvalue weighted by Gasteiger charge is -2.22. The van der Waals surface area contributed by atoms with E-state index in [1.165, 1.54) is 109 Å². The highest BCUT2D eigenvalue weighted by Gasteiger charge is 2.07. The van der Waals surface area contributed by atoms with Gasteiger partial charge in [0, 0.05) is 0 Å². The predicted molar refractivity (Wildman–Crippen MR) is 131 cm³/mol. The Bertz CT molecular complexity index is 530. The Morgan fingerprint density at radius 3 is 1.65 bits per heavy atom. The summed E-state index contributed by atoms with van der Waals surface area (Å²) in [7, 11) is 0. The van der Waals surface area contributed by atoms with Crippen LogP contribution in [0.2, 0.25) is 0 Å². The number of phenolic OH excluding ortho intramolecular Hbond substituents is 1. The zero-order chi connectivity index (χ0) is 22.6. The van der Waals surface area contributed by atoms with E-state index in [0.717, 1.165) is 12.8 Å². The molecule has 1 rings (SSSR count). The number of aromatic hydroxyl groups is 1. The molecule has 0 heterocycles. The zero-order valence-corrected chi connectivity index (χ0v) is 20.2. The minimum Gasteiger partial charge on any atom is -0.508 e. The predicted octanol–water partition coefficient (Wildman–Crippen LogP) is 7.35. The molecule has 4 nitrogen and oxygen atoms in total. The average molecular weight is 434 g/mol. The zero-order valence-electron chi connectivity index (χ0n) is 20.2. The first-order valence-electron chi connectivity index (χ1n) is 12.9. The molecule has 0 aromatic heterocycles. The fourth-order valence-electron chi connectivity index (χ4n) is 3.85. The van der Waals surface area contributed by atoms with Crippen molar-refractivity contribution in [2.24, 2.45) is 0 Å². The van der Waals surface area contributed by atoms with Crippen LogP contribution in [0.25, 0.3) is 0 Å². The van der Waals surface area contributed by atoms with Gasteiger partial charge in [-0.3, -0.25) is 0 Å². The third-order valence-electron chi connectivity index (χ3n) is 5.86. The van der Waals surface area contributed by atoms with Gasteiger partial charge in [0.05, 0.1) is 12.2 Å². The quantitative estimate of drug-likeness (QED) is 0.172. The number of hydrogen-bond donors (Lipinski definition) is 1. The lowest BCUT2D eigenvalue weighted by Crippen LogP contribution is -2.27. The van der Waals surface area contributed by atoms with E-state index >= 15 is 0 Å². The molecule has 0 aliphatic heterocycles. The van der Waals surface area contributed by atoms with Crippen LogP contribution < -0.4 is 0 Å². The highest BCUT2D eigenvalue weighted by molar-refractivity contribution is 5.89. The van der Waals surface area contributed by atoms with Gasteiger partial charge in [-0.05, 0) is 69.6 Å². The van der Waals surface area contributed by atoms with Crippen molar-refractivity contribution in [3.05, 3.63) is 29.8 Å². The maximum Gasteiger partial charge on any atom is 0.338 e. The summed E-state index contributed by atoms with van der Waals surface area (Å²) in [6.07, 6.45) is 18.0. The second kappa shape index (κ2) is 19.2. The van der Waals surface area contributed by atoms with Crippen LogP contribution in [0.3, 0.4) is 0 Å². The van der Waals surface area contributed by atoms with Crippen LogP contribution in [0.15, 0.2) is 24.3 Å². The second-order valence-corrected chi connectivity index (χ2v) is 8.77. The Morgan fingerprint density at radius 1 is 0.710 bits per heavy atom. The van der Waals surface area contributed by atoms with Gasteiger partial charge in [-0.1, -0.05) is 78.1 Å². The minimum atomic E-state index is -0.308. The summed E-state index contributed by atoms with van der Waals surface area (Å²) in [5, 5.41) is 9.28. The number of nitrogens with zero attached hydrogens (tertiary/aromatic N) is 1. The molecule has 31 heavy (non-hydrogen) atoms. The molecule has 0 bridgehead atoms. The van der Waals surface area contributed by atoms with Gasteiger partial charge >= 0.3 is 5.97 Å². The van der Waals surface area contributed by atoms with E-state index in [2.05, 4.69) is 18.7 Å². The normalized spacial score (nSPS) is 11.2. The molecule has 0 amide bonds. The largest absolute Gasteiger partial charge is 0.508 e. The lowest BCUT2D eigenvalue weighted by atomic mass is 10.1. The van der Waals surface area contributed by atoms with Gasteiger partial charge in [-0.15, -0.1) is 0 Å². The second-order valence-electron chi connectivity index (χ2n) is 8.77. The van der Waals surface area contributed by atoms with E-state index in [0.29, 0.717) is 12.2 Å². The third-order valence-corrected chi connectivity index (χ3v) is 5.86. The molecule has 1 N–H and O–H groups in total. The van der Waals surface area contributed by atoms with Crippen LogP contribution in [0.1, 0.15) is 114 Å². The topological polar surface area (TPSA) is 49.8 Å². The average Bonchev–Trinajstić information content (AvgIpc) is 2.77. The van der Waals surface area contributed by atoms with Gasteiger partial charge < -0.3 is 14.7 Å². The Balaban J connectivity index is 2.14. The monoisotopic (exact) mass is 433 g/mol. The number of ether oxygens (including phenoxy) is 1. The first-order valence-corrected chi connectivity index (χ1v) is 12.9. The van der Waals surface area contributed by atoms with Crippen molar-refractivity contribution in [3.63, 3.8) is 0 Å². The Hall–Kier alpha value is -1.55. The summed E-state index contributed by atoms with van der Waals surface area (Å²) in [5.41, 5.74) is 0.492. The van der Waals surface area contributed by atoms with Crippen LogP contribution in [-0.4, -0.2) is 42.2 Å². The van der Waals surface area contributed by atoms with Crippen molar-refractivity contribution in [2.45, 2.75) is 104 Å². The number of benzene rings is 1. The molecule has 1 aromatic rings. The molecule has 0 fully saturated rings. The highest BCUT2D eigenvalue weighted by Crippen LogP contribution is 2.12. The number of esters is 1. The van der Waals surface area contributed by atoms with Gasteiger partial charge in [-0.2, -0.15) is 0 Å². The Morgan fingerprint density at radius 2 is 1.16 bits per heavy atom. The Kier molecular flexibility index (Phi) is 17.0. The fourth-order valence-corrected chi connectivity index (χ4v) is 3.85.